The summed E-state index contributed by atoms with van der Waals surface area (Å²) in [6.45, 7) is 6.00. The Morgan fingerprint density at radius 1 is 1.22 bits per heavy atom. The van der Waals surface area contributed by atoms with E-state index in [4.69, 9.17) is 16.6 Å². The Hall–Kier alpha value is -2.77. The molecule has 1 amide bonds. The predicted molar refractivity (Wildman–Crippen MR) is 141 cm³/mol. The smallest absolute Gasteiger partial charge is 0.262 e. The highest BCUT2D eigenvalue weighted by molar-refractivity contribution is 6.30. The van der Waals surface area contributed by atoms with Crippen LogP contribution in [0.1, 0.15) is 44.6 Å². The van der Waals surface area contributed by atoms with Gasteiger partial charge in [0.1, 0.15) is 18.5 Å². The SMILES string of the molecule is CC(C)NC(=O)Cn1c(-c2cccc(Cl)c2)nc2ccc([C@H]3C[C@@H](CN4CC[C@H](F)C4)C3)cc2c1=O. The standard InChI is InChI=1S/C28H32ClFN4O2/c1-17(2)31-26(35)16-34-27(20-4-3-5-22(29)12-20)32-25-7-6-19(13-24(25)28(34)36)21-10-18(11-21)14-33-9-8-23(30)15-33/h3-7,12-13,17-18,21,23H,8-11,14-16H2,1-2H3,(H,31,35)/t18-,21+,23-/m0/s1. The molecule has 3 aromatic rings. The fourth-order valence-electron chi connectivity index (χ4n) is 5.47. The monoisotopic (exact) mass is 510 g/mol. The number of amides is 1. The molecular weight excluding hydrogens is 479 g/mol. The Morgan fingerprint density at radius 2 is 2.03 bits per heavy atom. The van der Waals surface area contributed by atoms with Crippen LogP contribution >= 0.6 is 11.6 Å². The lowest BCUT2D eigenvalue weighted by atomic mass is 9.71. The minimum atomic E-state index is -0.685. The van der Waals surface area contributed by atoms with Crippen molar-refractivity contribution >= 4 is 28.4 Å². The number of hydrogen-bond donors (Lipinski definition) is 1. The normalized spacial score (nSPS) is 22.2. The van der Waals surface area contributed by atoms with Gasteiger partial charge in [0.05, 0.1) is 10.9 Å². The van der Waals surface area contributed by atoms with E-state index in [1.165, 1.54) is 4.57 Å². The molecule has 0 bridgehead atoms. The van der Waals surface area contributed by atoms with E-state index in [2.05, 4.69) is 16.3 Å². The number of nitrogens with zero attached hydrogens (tertiary/aromatic N) is 3. The maximum atomic E-state index is 13.7. The van der Waals surface area contributed by atoms with Gasteiger partial charge in [-0.25, -0.2) is 9.37 Å². The molecule has 2 aromatic carbocycles. The van der Waals surface area contributed by atoms with E-state index in [0.29, 0.717) is 52.1 Å². The van der Waals surface area contributed by atoms with E-state index in [-0.39, 0.29) is 24.1 Å². The van der Waals surface area contributed by atoms with Gasteiger partial charge in [0, 0.05) is 36.3 Å². The van der Waals surface area contributed by atoms with Crippen molar-refractivity contribution in [1.29, 1.82) is 0 Å². The molecule has 1 aliphatic carbocycles. The zero-order valence-electron chi connectivity index (χ0n) is 20.7. The number of carbonyl (C=O) groups excluding carboxylic acids is 1. The van der Waals surface area contributed by atoms with E-state index in [9.17, 15) is 14.0 Å². The molecule has 1 saturated heterocycles. The van der Waals surface area contributed by atoms with Crippen molar-refractivity contribution in [2.75, 3.05) is 19.6 Å². The van der Waals surface area contributed by atoms with Gasteiger partial charge in [-0.05, 0) is 74.8 Å². The fraction of sp³-hybridized carbons (Fsp3) is 0.464. The van der Waals surface area contributed by atoms with Gasteiger partial charge >= 0.3 is 0 Å². The average molecular weight is 511 g/mol. The van der Waals surface area contributed by atoms with Crippen LogP contribution in [0.4, 0.5) is 4.39 Å². The molecule has 5 rings (SSSR count). The maximum Gasteiger partial charge on any atom is 0.262 e. The summed E-state index contributed by atoms with van der Waals surface area (Å²) in [5.41, 5.74) is 2.16. The zero-order chi connectivity index (χ0) is 25.4. The van der Waals surface area contributed by atoms with Crippen molar-refractivity contribution in [2.24, 2.45) is 5.92 Å². The molecule has 1 N–H and O–H groups in total. The number of nitrogens with one attached hydrogen (secondary N) is 1. The molecule has 1 aliphatic heterocycles. The number of likely N-dealkylation sites (tertiary alicyclic amines) is 1. The number of hydrogen-bond acceptors (Lipinski definition) is 4. The summed E-state index contributed by atoms with van der Waals surface area (Å²) in [7, 11) is 0. The summed E-state index contributed by atoms with van der Waals surface area (Å²) >= 11 is 6.21. The second kappa shape index (κ2) is 10.3. The largest absolute Gasteiger partial charge is 0.352 e. The highest BCUT2D eigenvalue weighted by atomic mass is 35.5. The van der Waals surface area contributed by atoms with E-state index in [1.807, 2.05) is 32.0 Å². The molecule has 0 unspecified atom stereocenters. The molecular formula is C28H32ClFN4O2. The van der Waals surface area contributed by atoms with Gasteiger partial charge in [-0.2, -0.15) is 0 Å². The first-order valence-electron chi connectivity index (χ1n) is 12.7. The lowest BCUT2D eigenvalue weighted by molar-refractivity contribution is -0.122. The number of fused-ring (bicyclic) bond motifs is 1. The summed E-state index contributed by atoms with van der Waals surface area (Å²) in [5, 5.41) is 3.91. The summed E-state index contributed by atoms with van der Waals surface area (Å²) in [5.74, 6) is 1.12. The molecule has 190 valence electrons. The molecule has 6 nitrogen and oxygen atoms in total. The molecule has 2 heterocycles. The number of rotatable bonds is 7. The molecule has 36 heavy (non-hydrogen) atoms. The molecule has 0 radical (unpaired) electrons. The lowest BCUT2D eigenvalue weighted by Gasteiger charge is -2.38. The molecule has 8 heteroatoms. The number of carbonyl (C=O) groups is 1. The number of benzene rings is 2. The van der Waals surface area contributed by atoms with Crippen LogP contribution in [0.15, 0.2) is 47.3 Å². The predicted octanol–water partition coefficient (Wildman–Crippen LogP) is 4.78. The first-order chi connectivity index (χ1) is 17.3. The first kappa shape index (κ1) is 24.9. The van der Waals surface area contributed by atoms with E-state index in [1.54, 1.807) is 18.2 Å². The minimum Gasteiger partial charge on any atom is -0.352 e. The zero-order valence-corrected chi connectivity index (χ0v) is 21.5. The number of aromatic nitrogens is 2. The van der Waals surface area contributed by atoms with Gasteiger partial charge < -0.3 is 10.2 Å². The van der Waals surface area contributed by atoms with Gasteiger partial charge in [0.2, 0.25) is 5.91 Å². The number of halogens is 2. The van der Waals surface area contributed by atoms with Crippen molar-refractivity contribution in [1.82, 2.24) is 19.8 Å². The van der Waals surface area contributed by atoms with Crippen molar-refractivity contribution in [3.05, 3.63) is 63.4 Å². The summed E-state index contributed by atoms with van der Waals surface area (Å²) in [6, 6.07) is 13.0. The van der Waals surface area contributed by atoms with Crippen LogP contribution in [0.5, 0.6) is 0 Å². The second-order valence-electron chi connectivity index (χ2n) is 10.5. The fourth-order valence-corrected chi connectivity index (χ4v) is 5.66. The average Bonchev–Trinajstić information content (AvgIpc) is 3.22. The van der Waals surface area contributed by atoms with Gasteiger partial charge in [-0.1, -0.05) is 29.8 Å². The molecule has 1 atom stereocenters. The van der Waals surface area contributed by atoms with Crippen LogP contribution in [0.3, 0.4) is 0 Å². The third-order valence-corrected chi connectivity index (χ3v) is 7.49. The topological polar surface area (TPSA) is 67.2 Å². The second-order valence-corrected chi connectivity index (χ2v) is 11.0. The van der Waals surface area contributed by atoms with Crippen molar-refractivity contribution in [2.45, 2.75) is 57.8 Å². The van der Waals surface area contributed by atoms with Gasteiger partial charge in [0.15, 0.2) is 0 Å². The van der Waals surface area contributed by atoms with Gasteiger partial charge in [0.25, 0.3) is 5.56 Å². The Bertz CT molecular complexity index is 1330. The molecule has 2 aliphatic rings. The van der Waals surface area contributed by atoms with Crippen LogP contribution in [-0.4, -0.2) is 52.2 Å². The van der Waals surface area contributed by atoms with E-state index >= 15 is 0 Å². The van der Waals surface area contributed by atoms with Crippen LogP contribution < -0.4 is 10.9 Å². The quantitative estimate of drug-likeness (QED) is 0.497. The van der Waals surface area contributed by atoms with E-state index < -0.39 is 6.17 Å². The summed E-state index contributed by atoms with van der Waals surface area (Å²) < 4.78 is 14.9. The Labute approximate surface area is 215 Å². The number of alkyl halides is 1. The van der Waals surface area contributed by atoms with Crippen LogP contribution in [0, 0.1) is 5.92 Å². The van der Waals surface area contributed by atoms with Crippen molar-refractivity contribution in [3.63, 3.8) is 0 Å². The molecule has 1 saturated carbocycles. The van der Waals surface area contributed by atoms with Crippen LogP contribution in [0.2, 0.25) is 5.02 Å². The highest BCUT2D eigenvalue weighted by Crippen LogP contribution is 2.42. The minimum absolute atomic E-state index is 0.0363. The molecule has 1 aromatic heterocycles. The molecule has 2 fully saturated rings. The Kier molecular flexibility index (Phi) is 7.13. The first-order valence-corrected chi connectivity index (χ1v) is 13.1. The molecule has 0 spiro atoms. The Balaban J connectivity index is 1.44. The van der Waals surface area contributed by atoms with E-state index in [0.717, 1.165) is 31.5 Å². The lowest BCUT2D eigenvalue weighted by Crippen LogP contribution is -2.37. The van der Waals surface area contributed by atoms with Gasteiger partial charge in [-0.3, -0.25) is 14.2 Å². The van der Waals surface area contributed by atoms with Gasteiger partial charge in [-0.15, -0.1) is 0 Å². The highest BCUT2D eigenvalue weighted by Gasteiger charge is 2.33. The van der Waals surface area contributed by atoms with Crippen molar-refractivity contribution in [3.8, 4) is 11.4 Å². The van der Waals surface area contributed by atoms with Crippen LogP contribution in [0.25, 0.3) is 22.3 Å². The van der Waals surface area contributed by atoms with Crippen LogP contribution in [-0.2, 0) is 11.3 Å². The summed E-state index contributed by atoms with van der Waals surface area (Å²) in [6.07, 6.45) is 2.04. The van der Waals surface area contributed by atoms with Crippen molar-refractivity contribution < 1.29 is 9.18 Å². The third kappa shape index (κ3) is 5.32. The third-order valence-electron chi connectivity index (χ3n) is 7.25. The maximum absolute atomic E-state index is 13.7. The summed E-state index contributed by atoms with van der Waals surface area (Å²) in [4.78, 5) is 33.4. The Morgan fingerprint density at radius 3 is 2.72 bits per heavy atom.